The van der Waals surface area contributed by atoms with E-state index >= 15 is 0 Å². The second-order valence-electron chi connectivity index (χ2n) is 4.50. The van der Waals surface area contributed by atoms with Gasteiger partial charge in [-0.3, -0.25) is 0 Å². The molecule has 0 amide bonds. The van der Waals surface area contributed by atoms with E-state index in [4.69, 9.17) is 23.4 Å². The van der Waals surface area contributed by atoms with Crippen molar-refractivity contribution in [1.82, 2.24) is 0 Å². The van der Waals surface area contributed by atoms with Gasteiger partial charge in [0.1, 0.15) is 0 Å². The zero-order chi connectivity index (χ0) is 15.4. The van der Waals surface area contributed by atoms with Crippen molar-refractivity contribution in [1.29, 1.82) is 0 Å². The van der Waals surface area contributed by atoms with Crippen molar-refractivity contribution in [2.24, 2.45) is 0 Å². The van der Waals surface area contributed by atoms with Crippen LogP contribution in [0.2, 0.25) is 6.04 Å². The summed E-state index contributed by atoms with van der Waals surface area (Å²) in [6.45, 7) is 10.2. The third kappa shape index (κ3) is 20.0. The third-order valence-corrected chi connectivity index (χ3v) is 3.28. The fourth-order valence-corrected chi connectivity index (χ4v) is 1.92. The molecule has 0 bridgehead atoms. The summed E-state index contributed by atoms with van der Waals surface area (Å²) in [6.07, 6.45) is 3.61. The predicted octanol–water partition coefficient (Wildman–Crippen LogP) is 2.32. The van der Waals surface area contributed by atoms with E-state index < -0.39 is 0 Å². The van der Waals surface area contributed by atoms with Gasteiger partial charge < -0.3 is 23.4 Å². The van der Waals surface area contributed by atoms with Crippen LogP contribution in [0, 0.1) is 0 Å². The first kappa shape index (κ1) is 21.0. The van der Waals surface area contributed by atoms with Crippen LogP contribution >= 0.6 is 0 Å². The summed E-state index contributed by atoms with van der Waals surface area (Å²) in [5, 5.41) is 0. The van der Waals surface area contributed by atoms with Crippen LogP contribution < -0.4 is 0 Å². The maximum Gasteiger partial charge on any atom is 0.229 e. The Bertz CT molecular complexity index is 165. The van der Waals surface area contributed by atoms with Crippen LogP contribution in [0.3, 0.4) is 0 Å². The Balaban J connectivity index is 2.90. The average molecular weight is 321 g/mol. The van der Waals surface area contributed by atoms with Crippen LogP contribution in [0.5, 0.6) is 0 Å². The SMILES string of the molecule is CCCCCOCCOCCOCCOCCO[Si]CC. The summed E-state index contributed by atoms with van der Waals surface area (Å²) in [5.74, 6) is 0. The monoisotopic (exact) mass is 320 g/mol. The molecular weight excluding hydrogens is 288 g/mol. The first-order chi connectivity index (χ1) is 10.4. The standard InChI is InChI=1S/C15H32O5Si/c1-3-5-6-7-16-8-9-17-10-11-18-12-13-19-14-15-20-21-4-2/h3-15H2,1-2H3. The van der Waals surface area contributed by atoms with E-state index in [0.717, 1.165) is 19.1 Å². The molecule has 2 radical (unpaired) electrons. The molecule has 0 heterocycles. The maximum absolute atomic E-state index is 5.44. The van der Waals surface area contributed by atoms with Crippen LogP contribution in [0.1, 0.15) is 33.1 Å². The van der Waals surface area contributed by atoms with Gasteiger partial charge in [0, 0.05) is 6.61 Å². The van der Waals surface area contributed by atoms with Gasteiger partial charge in [-0.15, -0.1) is 0 Å². The minimum Gasteiger partial charge on any atom is -0.415 e. The third-order valence-electron chi connectivity index (χ3n) is 2.58. The van der Waals surface area contributed by atoms with E-state index in [1.165, 1.54) is 12.8 Å². The summed E-state index contributed by atoms with van der Waals surface area (Å²) in [7, 11) is 0.588. The zero-order valence-corrected chi connectivity index (χ0v) is 14.7. The molecular formula is C15H32O5Si. The average Bonchev–Trinajstić information content (AvgIpc) is 2.50. The highest BCUT2D eigenvalue weighted by molar-refractivity contribution is 6.26. The topological polar surface area (TPSA) is 46.2 Å². The lowest BCUT2D eigenvalue weighted by Crippen LogP contribution is -2.13. The molecule has 0 atom stereocenters. The Labute approximate surface area is 132 Å². The minimum atomic E-state index is 0.588. The summed E-state index contributed by atoms with van der Waals surface area (Å²) in [6, 6.07) is 1.08. The second-order valence-corrected chi connectivity index (χ2v) is 5.79. The summed E-state index contributed by atoms with van der Waals surface area (Å²) < 4.78 is 26.9. The molecule has 0 saturated heterocycles. The summed E-state index contributed by atoms with van der Waals surface area (Å²) >= 11 is 0. The minimum absolute atomic E-state index is 0.588. The van der Waals surface area contributed by atoms with Gasteiger partial charge in [0.2, 0.25) is 9.76 Å². The van der Waals surface area contributed by atoms with Crippen molar-refractivity contribution < 1.29 is 23.4 Å². The molecule has 0 rings (SSSR count). The Morgan fingerprint density at radius 2 is 1.05 bits per heavy atom. The Morgan fingerprint density at radius 1 is 0.571 bits per heavy atom. The number of unbranched alkanes of at least 4 members (excludes halogenated alkanes) is 2. The molecule has 0 saturated carbocycles. The number of hydrogen-bond acceptors (Lipinski definition) is 5. The smallest absolute Gasteiger partial charge is 0.229 e. The predicted molar refractivity (Wildman–Crippen MR) is 85.0 cm³/mol. The number of hydrogen-bond donors (Lipinski definition) is 0. The van der Waals surface area contributed by atoms with Gasteiger partial charge in [0.15, 0.2) is 0 Å². The fourth-order valence-electron chi connectivity index (χ4n) is 1.49. The highest BCUT2D eigenvalue weighted by Gasteiger charge is 1.93. The van der Waals surface area contributed by atoms with Gasteiger partial charge in [-0.25, -0.2) is 0 Å². The van der Waals surface area contributed by atoms with Crippen molar-refractivity contribution in [2.75, 3.05) is 59.5 Å². The van der Waals surface area contributed by atoms with E-state index in [9.17, 15) is 0 Å². The largest absolute Gasteiger partial charge is 0.415 e. The van der Waals surface area contributed by atoms with E-state index in [1.807, 2.05) is 0 Å². The maximum atomic E-state index is 5.44. The van der Waals surface area contributed by atoms with Gasteiger partial charge in [0.25, 0.3) is 0 Å². The molecule has 6 heteroatoms. The van der Waals surface area contributed by atoms with Crippen LogP contribution in [0.4, 0.5) is 0 Å². The van der Waals surface area contributed by atoms with E-state index in [1.54, 1.807) is 0 Å². The van der Waals surface area contributed by atoms with Crippen molar-refractivity contribution in [2.45, 2.75) is 39.2 Å². The molecule has 0 spiro atoms. The molecule has 5 nitrogen and oxygen atoms in total. The van der Waals surface area contributed by atoms with Crippen molar-refractivity contribution in [3.63, 3.8) is 0 Å². The van der Waals surface area contributed by atoms with Gasteiger partial charge in [0.05, 0.1) is 52.9 Å². The quantitative estimate of drug-likeness (QED) is 0.286. The number of rotatable bonds is 18. The molecule has 0 aliphatic carbocycles. The summed E-state index contributed by atoms with van der Waals surface area (Å²) in [4.78, 5) is 0. The van der Waals surface area contributed by atoms with Crippen LogP contribution in [0.25, 0.3) is 0 Å². The van der Waals surface area contributed by atoms with Crippen molar-refractivity contribution >= 4 is 9.76 Å². The van der Waals surface area contributed by atoms with Gasteiger partial charge >= 0.3 is 0 Å². The van der Waals surface area contributed by atoms with E-state index in [2.05, 4.69) is 13.8 Å². The van der Waals surface area contributed by atoms with E-state index in [0.29, 0.717) is 62.6 Å². The second kappa shape index (κ2) is 20.0. The van der Waals surface area contributed by atoms with Crippen LogP contribution in [0.15, 0.2) is 0 Å². The molecule has 21 heavy (non-hydrogen) atoms. The first-order valence-corrected chi connectivity index (χ1v) is 9.19. The van der Waals surface area contributed by atoms with Crippen molar-refractivity contribution in [3.05, 3.63) is 0 Å². The van der Waals surface area contributed by atoms with Crippen LogP contribution in [-0.2, 0) is 23.4 Å². The van der Waals surface area contributed by atoms with E-state index in [-0.39, 0.29) is 0 Å². The normalized spacial score (nSPS) is 11.1. The molecule has 0 unspecified atom stereocenters. The fraction of sp³-hybridized carbons (Fsp3) is 1.00. The Kier molecular flexibility index (Phi) is 20.0. The molecule has 0 fully saturated rings. The zero-order valence-electron chi connectivity index (χ0n) is 13.7. The van der Waals surface area contributed by atoms with Gasteiger partial charge in [-0.2, -0.15) is 0 Å². The highest BCUT2D eigenvalue weighted by Crippen LogP contribution is 1.93. The lowest BCUT2D eigenvalue weighted by molar-refractivity contribution is -0.00478. The summed E-state index contributed by atoms with van der Waals surface area (Å²) in [5.41, 5.74) is 0. The molecule has 0 aliphatic heterocycles. The van der Waals surface area contributed by atoms with Crippen LogP contribution in [-0.4, -0.2) is 69.2 Å². The molecule has 0 aromatic rings. The Hall–Kier alpha value is 0.0169. The molecule has 0 aliphatic rings. The number of ether oxygens (including phenoxy) is 4. The lowest BCUT2D eigenvalue weighted by atomic mass is 10.3. The highest BCUT2D eigenvalue weighted by atomic mass is 28.2. The Morgan fingerprint density at radius 3 is 1.52 bits per heavy atom. The van der Waals surface area contributed by atoms with Gasteiger partial charge in [-0.1, -0.05) is 26.7 Å². The molecule has 126 valence electrons. The molecule has 0 aromatic carbocycles. The van der Waals surface area contributed by atoms with Gasteiger partial charge in [-0.05, 0) is 12.5 Å². The first-order valence-electron chi connectivity index (χ1n) is 8.07. The molecule has 0 aromatic heterocycles. The molecule has 0 N–H and O–H groups in total. The van der Waals surface area contributed by atoms with Crippen molar-refractivity contribution in [3.8, 4) is 0 Å². The lowest BCUT2D eigenvalue weighted by Gasteiger charge is -2.07.